The van der Waals surface area contributed by atoms with Crippen LogP contribution in [0.3, 0.4) is 0 Å². The highest BCUT2D eigenvalue weighted by molar-refractivity contribution is 5.89. The average molecular weight is 318 g/mol. The van der Waals surface area contributed by atoms with Crippen molar-refractivity contribution in [1.29, 1.82) is 0 Å². The molecule has 0 radical (unpaired) electrons. The number of hydrogen-bond donors (Lipinski definition) is 1. The Balaban J connectivity index is 0.000000412. The summed E-state index contributed by atoms with van der Waals surface area (Å²) in [5, 5.41) is 12.2. The molecule has 0 amide bonds. The summed E-state index contributed by atoms with van der Waals surface area (Å²) in [6.45, 7) is 9.32. The van der Waals surface area contributed by atoms with E-state index in [0.29, 0.717) is 0 Å². The smallest absolute Gasteiger partial charge is 0.369 e. The first-order valence-corrected chi connectivity index (χ1v) is 6.83. The van der Waals surface area contributed by atoms with Gasteiger partial charge in [-0.3, -0.25) is 4.68 Å². The van der Waals surface area contributed by atoms with E-state index in [1.54, 1.807) is 0 Å². The number of aromatic carboxylic acids is 1. The van der Waals surface area contributed by atoms with Gasteiger partial charge in [0.25, 0.3) is 10.6 Å². The lowest BCUT2D eigenvalue weighted by Gasteiger charge is -2.13. The molecule has 1 aromatic heterocycles. The zero-order valence-electron chi connectivity index (χ0n) is 13.8. The van der Waals surface area contributed by atoms with Crippen molar-refractivity contribution in [2.45, 2.75) is 33.5 Å². The van der Waals surface area contributed by atoms with E-state index in [4.69, 9.17) is 14.6 Å². The van der Waals surface area contributed by atoms with E-state index >= 15 is 0 Å². The molecular weight excluding hydrogens is 294 g/mol. The second-order valence-electron chi connectivity index (χ2n) is 4.38. The molecular formula is C13H24N3O6+. The molecule has 1 aliphatic rings. The number of hydrogen-bond acceptors (Lipinski definition) is 6. The van der Waals surface area contributed by atoms with Gasteiger partial charge in [0.05, 0.1) is 18.1 Å². The molecule has 1 saturated heterocycles. The van der Waals surface area contributed by atoms with E-state index in [1.165, 1.54) is 17.9 Å². The maximum absolute atomic E-state index is 10.9. The minimum Gasteiger partial charge on any atom is -0.476 e. The Hall–Kier alpha value is -2.00. The zero-order chi connectivity index (χ0) is 17.3. The lowest BCUT2D eigenvalue weighted by atomic mass is 10.4. The van der Waals surface area contributed by atoms with Crippen LogP contribution in [0.25, 0.3) is 0 Å². The topological polar surface area (TPSA) is 103 Å². The molecule has 0 atom stereocenters. The summed E-state index contributed by atoms with van der Waals surface area (Å²) in [4.78, 5) is 25.9. The van der Waals surface area contributed by atoms with Gasteiger partial charge in [0, 0.05) is 7.05 Å². The summed E-state index contributed by atoms with van der Waals surface area (Å²) in [6, 6.07) is 0. The van der Waals surface area contributed by atoms with Gasteiger partial charge in [0.2, 0.25) is 0 Å². The molecule has 0 unspecified atom stereocenters. The summed E-state index contributed by atoms with van der Waals surface area (Å²) in [5.74, 6) is -1.58. The standard InChI is InChI=1S/C6H7N3O4.C5H10O2.C2H6/c1-8-3-4(9(12)13-2)5(7-8)6(10)11;1-5(2)6-3-4-7-5;1-2/h3H,1-2H3;3-4H2,1-2H3;1-2H3/p+1. The predicted octanol–water partition coefficient (Wildman–Crippen LogP) is 1.89. The lowest BCUT2D eigenvalue weighted by Crippen LogP contribution is -2.18. The number of carboxylic acids is 1. The highest BCUT2D eigenvalue weighted by Gasteiger charge is 2.29. The van der Waals surface area contributed by atoms with Gasteiger partial charge in [0.15, 0.2) is 12.9 Å². The molecule has 0 aliphatic carbocycles. The highest BCUT2D eigenvalue weighted by Crippen LogP contribution is 2.16. The molecule has 126 valence electrons. The van der Waals surface area contributed by atoms with Crippen molar-refractivity contribution >= 4 is 11.7 Å². The summed E-state index contributed by atoms with van der Waals surface area (Å²) in [5.41, 5.74) is -0.461. The molecule has 9 heteroatoms. The molecule has 1 N–H and O–H groups in total. The van der Waals surface area contributed by atoms with Gasteiger partial charge in [-0.25, -0.2) is 9.63 Å². The van der Waals surface area contributed by atoms with Gasteiger partial charge in [-0.05, 0) is 13.8 Å². The lowest BCUT2D eigenvalue weighted by molar-refractivity contribution is -0.736. The zero-order valence-corrected chi connectivity index (χ0v) is 13.8. The van der Waals surface area contributed by atoms with Gasteiger partial charge in [-0.1, -0.05) is 13.8 Å². The minimum absolute atomic E-state index is 0.0937. The molecule has 22 heavy (non-hydrogen) atoms. The third-order valence-corrected chi connectivity index (χ3v) is 2.36. The Labute approximate surface area is 129 Å². The van der Waals surface area contributed by atoms with Crippen molar-refractivity contribution in [3.63, 3.8) is 0 Å². The Kier molecular flexibility index (Phi) is 8.28. The average Bonchev–Trinajstić information content (AvgIpc) is 3.06. The quantitative estimate of drug-likeness (QED) is 0.849. The van der Waals surface area contributed by atoms with Crippen LogP contribution >= 0.6 is 0 Å². The van der Waals surface area contributed by atoms with Crippen LogP contribution in [0.1, 0.15) is 38.2 Å². The Morgan fingerprint density at radius 3 is 2.23 bits per heavy atom. The van der Waals surface area contributed by atoms with Crippen LogP contribution in [0.5, 0.6) is 0 Å². The fraction of sp³-hybridized carbons (Fsp3) is 0.692. The molecule has 2 rings (SSSR count). The molecule has 2 heterocycles. The van der Waals surface area contributed by atoms with Gasteiger partial charge >= 0.3 is 11.7 Å². The molecule has 9 nitrogen and oxygen atoms in total. The monoisotopic (exact) mass is 318 g/mol. The van der Waals surface area contributed by atoms with Crippen LogP contribution in [-0.4, -0.2) is 51.9 Å². The van der Waals surface area contributed by atoms with Crippen molar-refractivity contribution in [3.05, 3.63) is 16.8 Å². The Morgan fingerprint density at radius 1 is 1.41 bits per heavy atom. The normalized spacial score (nSPS) is 15.0. The molecule has 1 aliphatic heterocycles. The van der Waals surface area contributed by atoms with E-state index in [9.17, 15) is 9.70 Å². The number of nitrogens with zero attached hydrogens (tertiary/aromatic N) is 3. The van der Waals surface area contributed by atoms with E-state index in [-0.39, 0.29) is 22.1 Å². The third-order valence-electron chi connectivity index (χ3n) is 2.36. The highest BCUT2D eigenvalue weighted by atomic mass is 16.8. The van der Waals surface area contributed by atoms with Crippen LogP contribution in [0.15, 0.2) is 6.20 Å². The van der Waals surface area contributed by atoms with Crippen molar-refractivity contribution in [2.24, 2.45) is 7.05 Å². The molecule has 1 fully saturated rings. The fourth-order valence-corrected chi connectivity index (χ4v) is 1.48. The maximum atomic E-state index is 10.9. The summed E-state index contributed by atoms with van der Waals surface area (Å²) in [6.07, 6.45) is 1.26. The van der Waals surface area contributed by atoms with E-state index in [0.717, 1.165) is 20.3 Å². The molecule has 0 saturated carbocycles. The second-order valence-corrected chi connectivity index (χ2v) is 4.38. The van der Waals surface area contributed by atoms with Crippen LogP contribution in [0.4, 0.5) is 5.69 Å². The van der Waals surface area contributed by atoms with E-state index in [1.807, 2.05) is 27.7 Å². The van der Waals surface area contributed by atoms with Crippen LogP contribution in [-0.2, 0) is 21.4 Å². The predicted molar refractivity (Wildman–Crippen MR) is 77.8 cm³/mol. The Bertz CT molecular complexity index is 490. The number of aryl methyl sites for hydroxylation is 1. The van der Waals surface area contributed by atoms with Crippen molar-refractivity contribution in [2.75, 3.05) is 20.3 Å². The van der Waals surface area contributed by atoms with Crippen LogP contribution in [0.2, 0.25) is 0 Å². The van der Waals surface area contributed by atoms with E-state index < -0.39 is 5.97 Å². The molecule has 1 aromatic rings. The number of rotatable bonds is 3. The van der Waals surface area contributed by atoms with Crippen molar-refractivity contribution in [3.8, 4) is 0 Å². The summed E-state index contributed by atoms with van der Waals surface area (Å²) < 4.78 is 11.5. The summed E-state index contributed by atoms with van der Waals surface area (Å²) in [7, 11) is 2.66. The minimum atomic E-state index is -1.27. The molecule has 0 bridgehead atoms. The summed E-state index contributed by atoms with van der Waals surface area (Å²) >= 11 is 0. The van der Waals surface area contributed by atoms with Crippen LogP contribution < -0.4 is 0 Å². The van der Waals surface area contributed by atoms with Crippen molar-refractivity contribution < 1.29 is 29.1 Å². The number of carbonyl (C=O) groups is 1. The van der Waals surface area contributed by atoms with Gasteiger partial charge in [0.1, 0.15) is 6.20 Å². The third kappa shape index (κ3) is 6.19. The van der Waals surface area contributed by atoms with E-state index in [2.05, 4.69) is 9.94 Å². The first-order valence-electron chi connectivity index (χ1n) is 6.83. The maximum Gasteiger partial charge on any atom is 0.369 e. The SMILES string of the molecule is CC.CC1(C)OCCO1.CO[N+](=O)c1cn(C)nc1C(=O)O. The number of aromatic nitrogens is 2. The molecule has 0 spiro atoms. The van der Waals surface area contributed by atoms with Gasteiger partial charge < -0.3 is 14.6 Å². The largest absolute Gasteiger partial charge is 0.476 e. The van der Waals surface area contributed by atoms with Crippen molar-refractivity contribution in [1.82, 2.24) is 9.78 Å². The number of ether oxygens (including phenoxy) is 2. The Morgan fingerprint density at radius 2 is 1.91 bits per heavy atom. The molecule has 0 aromatic carbocycles. The first kappa shape index (κ1) is 20.0. The second kappa shape index (κ2) is 9.11. The number of carboxylic acid groups (broad SMARTS) is 1. The van der Waals surface area contributed by atoms with Gasteiger partial charge in [-0.15, -0.1) is 0 Å². The van der Waals surface area contributed by atoms with Crippen LogP contribution in [0, 0.1) is 4.91 Å². The fourth-order valence-electron chi connectivity index (χ4n) is 1.48. The van der Waals surface area contributed by atoms with Gasteiger partial charge in [-0.2, -0.15) is 5.10 Å². The first-order chi connectivity index (χ1) is 10.3.